The van der Waals surface area contributed by atoms with E-state index in [1.165, 1.54) is 43.4 Å². The molecule has 0 radical (unpaired) electrons. The Kier molecular flexibility index (Phi) is 3.79. The fraction of sp³-hybridized carbons (Fsp3) is 0.647. The third-order valence-corrected chi connectivity index (χ3v) is 5.03. The molecule has 3 rings (SSSR count). The molecule has 0 aliphatic carbocycles. The van der Waals surface area contributed by atoms with E-state index in [0.717, 1.165) is 18.6 Å². The highest BCUT2D eigenvalue weighted by Crippen LogP contribution is 2.32. The van der Waals surface area contributed by atoms with Gasteiger partial charge in [-0.2, -0.15) is 0 Å². The topological polar surface area (TPSA) is 15.3 Å². The third kappa shape index (κ3) is 2.51. The van der Waals surface area contributed by atoms with Crippen LogP contribution in [0.1, 0.15) is 45.1 Å². The van der Waals surface area contributed by atoms with Gasteiger partial charge in [0.25, 0.3) is 0 Å². The van der Waals surface area contributed by atoms with E-state index >= 15 is 0 Å². The summed E-state index contributed by atoms with van der Waals surface area (Å²) in [6, 6.07) is 11.1. The SMILES string of the molecule is CCC1CCC(C)N1C1CCc2ccccc2NC1. The van der Waals surface area contributed by atoms with E-state index in [1.807, 2.05) is 0 Å². The number of likely N-dealkylation sites (tertiary alicyclic amines) is 1. The molecule has 1 saturated heterocycles. The van der Waals surface area contributed by atoms with Gasteiger partial charge in [0.05, 0.1) is 0 Å². The van der Waals surface area contributed by atoms with Crippen molar-refractivity contribution >= 4 is 5.69 Å². The molecule has 19 heavy (non-hydrogen) atoms. The van der Waals surface area contributed by atoms with Crippen molar-refractivity contribution in [1.82, 2.24) is 4.90 Å². The molecule has 1 fully saturated rings. The zero-order chi connectivity index (χ0) is 13.2. The second kappa shape index (κ2) is 5.54. The summed E-state index contributed by atoms with van der Waals surface area (Å²) in [5, 5.41) is 3.68. The summed E-state index contributed by atoms with van der Waals surface area (Å²) in [5.74, 6) is 0. The Morgan fingerprint density at radius 3 is 2.89 bits per heavy atom. The van der Waals surface area contributed by atoms with Gasteiger partial charge >= 0.3 is 0 Å². The molecule has 2 nitrogen and oxygen atoms in total. The van der Waals surface area contributed by atoms with Crippen molar-refractivity contribution in [3.63, 3.8) is 0 Å². The summed E-state index contributed by atoms with van der Waals surface area (Å²) in [4.78, 5) is 2.80. The van der Waals surface area contributed by atoms with Crippen LogP contribution in [-0.2, 0) is 6.42 Å². The predicted octanol–water partition coefficient (Wildman–Crippen LogP) is 3.68. The molecule has 1 N–H and O–H groups in total. The minimum Gasteiger partial charge on any atom is -0.383 e. The number of para-hydroxylation sites is 1. The number of rotatable bonds is 2. The van der Waals surface area contributed by atoms with Crippen molar-refractivity contribution in [3.05, 3.63) is 29.8 Å². The number of hydrogen-bond donors (Lipinski definition) is 1. The summed E-state index contributed by atoms with van der Waals surface area (Å²) >= 11 is 0. The molecular weight excluding hydrogens is 232 g/mol. The van der Waals surface area contributed by atoms with Crippen molar-refractivity contribution in [2.45, 2.75) is 64.1 Å². The first-order valence-electron chi connectivity index (χ1n) is 7.88. The van der Waals surface area contributed by atoms with Crippen molar-refractivity contribution in [2.75, 3.05) is 11.9 Å². The van der Waals surface area contributed by atoms with Crippen LogP contribution in [0.25, 0.3) is 0 Å². The maximum atomic E-state index is 3.68. The molecule has 2 heterocycles. The Balaban J connectivity index is 1.74. The summed E-state index contributed by atoms with van der Waals surface area (Å²) in [5.41, 5.74) is 2.84. The largest absolute Gasteiger partial charge is 0.383 e. The maximum Gasteiger partial charge on any atom is 0.0373 e. The monoisotopic (exact) mass is 258 g/mol. The minimum atomic E-state index is 0.704. The Morgan fingerprint density at radius 2 is 2.05 bits per heavy atom. The molecule has 104 valence electrons. The molecule has 1 aromatic rings. The summed E-state index contributed by atoms with van der Waals surface area (Å²) < 4.78 is 0. The van der Waals surface area contributed by atoms with E-state index in [0.29, 0.717) is 6.04 Å². The van der Waals surface area contributed by atoms with Crippen LogP contribution in [-0.4, -0.2) is 29.6 Å². The summed E-state index contributed by atoms with van der Waals surface area (Å²) in [7, 11) is 0. The fourth-order valence-corrected chi connectivity index (χ4v) is 3.98. The van der Waals surface area contributed by atoms with Crippen molar-refractivity contribution < 1.29 is 0 Å². The van der Waals surface area contributed by atoms with E-state index in [1.54, 1.807) is 0 Å². The van der Waals surface area contributed by atoms with Gasteiger partial charge in [-0.05, 0) is 50.7 Å². The standard InChI is InChI=1S/C17H26N2/c1-3-15-10-8-13(2)19(15)16-11-9-14-6-4-5-7-17(14)18-12-16/h4-7,13,15-16,18H,3,8-12H2,1-2H3. The molecule has 0 bridgehead atoms. The highest BCUT2D eigenvalue weighted by molar-refractivity contribution is 5.52. The van der Waals surface area contributed by atoms with E-state index < -0.39 is 0 Å². The van der Waals surface area contributed by atoms with Gasteiger partial charge in [-0.25, -0.2) is 0 Å². The first-order chi connectivity index (χ1) is 9.29. The molecule has 0 spiro atoms. The van der Waals surface area contributed by atoms with Crippen LogP contribution in [0.2, 0.25) is 0 Å². The first kappa shape index (κ1) is 13.0. The van der Waals surface area contributed by atoms with Crippen LogP contribution >= 0.6 is 0 Å². The van der Waals surface area contributed by atoms with E-state index in [-0.39, 0.29) is 0 Å². The lowest BCUT2D eigenvalue weighted by Crippen LogP contribution is -2.46. The van der Waals surface area contributed by atoms with Crippen LogP contribution in [0.5, 0.6) is 0 Å². The third-order valence-electron chi connectivity index (χ3n) is 5.03. The molecule has 1 aromatic carbocycles. The highest BCUT2D eigenvalue weighted by atomic mass is 15.2. The van der Waals surface area contributed by atoms with Gasteiger partial charge in [-0.3, -0.25) is 4.90 Å². The molecule has 0 amide bonds. The van der Waals surface area contributed by atoms with Gasteiger partial charge in [0, 0.05) is 30.4 Å². The first-order valence-corrected chi connectivity index (χ1v) is 7.88. The number of nitrogens with zero attached hydrogens (tertiary/aromatic N) is 1. The molecule has 2 heteroatoms. The Bertz CT molecular complexity index is 402. The molecular formula is C17H26N2. The Morgan fingerprint density at radius 1 is 1.21 bits per heavy atom. The zero-order valence-corrected chi connectivity index (χ0v) is 12.2. The van der Waals surface area contributed by atoms with E-state index in [9.17, 15) is 0 Å². The van der Waals surface area contributed by atoms with Crippen LogP contribution in [0.3, 0.4) is 0 Å². The fourth-order valence-electron chi connectivity index (χ4n) is 3.98. The number of benzene rings is 1. The van der Waals surface area contributed by atoms with Gasteiger partial charge in [-0.15, -0.1) is 0 Å². The van der Waals surface area contributed by atoms with Gasteiger partial charge in [0.2, 0.25) is 0 Å². The molecule has 0 aromatic heterocycles. The van der Waals surface area contributed by atoms with Gasteiger partial charge < -0.3 is 5.32 Å². The number of fused-ring (bicyclic) bond motifs is 1. The van der Waals surface area contributed by atoms with Crippen LogP contribution in [0.15, 0.2) is 24.3 Å². The normalized spacial score (nSPS) is 31.6. The summed E-state index contributed by atoms with van der Waals surface area (Å²) in [6.07, 6.45) is 6.58. The van der Waals surface area contributed by atoms with Gasteiger partial charge in [0.1, 0.15) is 0 Å². The van der Waals surface area contributed by atoms with Gasteiger partial charge in [0.15, 0.2) is 0 Å². The lowest BCUT2D eigenvalue weighted by molar-refractivity contribution is 0.134. The van der Waals surface area contributed by atoms with Crippen LogP contribution in [0.4, 0.5) is 5.69 Å². The highest BCUT2D eigenvalue weighted by Gasteiger charge is 2.35. The van der Waals surface area contributed by atoms with Crippen molar-refractivity contribution in [3.8, 4) is 0 Å². The van der Waals surface area contributed by atoms with Crippen LogP contribution in [0, 0.1) is 0 Å². The molecule has 2 aliphatic heterocycles. The zero-order valence-electron chi connectivity index (χ0n) is 12.2. The average molecular weight is 258 g/mol. The number of aryl methyl sites for hydroxylation is 1. The Labute approximate surface area is 117 Å². The number of hydrogen-bond acceptors (Lipinski definition) is 2. The van der Waals surface area contributed by atoms with Crippen molar-refractivity contribution in [1.29, 1.82) is 0 Å². The second-order valence-corrected chi connectivity index (χ2v) is 6.17. The maximum absolute atomic E-state index is 3.68. The van der Waals surface area contributed by atoms with Gasteiger partial charge in [-0.1, -0.05) is 25.1 Å². The van der Waals surface area contributed by atoms with E-state index in [4.69, 9.17) is 0 Å². The van der Waals surface area contributed by atoms with Crippen LogP contribution < -0.4 is 5.32 Å². The lowest BCUT2D eigenvalue weighted by Gasteiger charge is -2.35. The number of anilines is 1. The number of nitrogens with one attached hydrogen (secondary N) is 1. The second-order valence-electron chi connectivity index (χ2n) is 6.17. The molecule has 2 aliphatic rings. The molecule has 3 atom stereocenters. The lowest BCUT2D eigenvalue weighted by atomic mass is 10.0. The van der Waals surface area contributed by atoms with E-state index in [2.05, 4.69) is 48.3 Å². The Hall–Kier alpha value is -1.02. The summed E-state index contributed by atoms with van der Waals surface area (Å²) in [6.45, 7) is 5.86. The molecule has 0 saturated carbocycles. The molecule has 3 unspecified atom stereocenters. The quantitative estimate of drug-likeness (QED) is 0.870. The average Bonchev–Trinajstić information content (AvgIpc) is 2.69. The minimum absolute atomic E-state index is 0.704. The smallest absolute Gasteiger partial charge is 0.0373 e. The van der Waals surface area contributed by atoms with Crippen molar-refractivity contribution in [2.24, 2.45) is 0 Å². The predicted molar refractivity (Wildman–Crippen MR) is 81.7 cm³/mol.